The highest BCUT2D eigenvalue weighted by atomic mass is 32.1. The average molecular weight is 297 g/mol. The van der Waals surface area contributed by atoms with E-state index in [2.05, 4.69) is 17.2 Å². The maximum atomic E-state index is 12.0. The molecular formula is C14H23N3O2S. The molecule has 0 unspecified atom stereocenters. The highest BCUT2D eigenvalue weighted by Gasteiger charge is 2.16. The third-order valence-electron chi connectivity index (χ3n) is 2.79. The van der Waals surface area contributed by atoms with Gasteiger partial charge < -0.3 is 10.2 Å². The Morgan fingerprint density at radius 1 is 1.35 bits per heavy atom. The number of rotatable bonds is 8. The zero-order valence-electron chi connectivity index (χ0n) is 12.4. The monoisotopic (exact) mass is 297 g/mol. The van der Waals surface area contributed by atoms with Gasteiger partial charge in [-0.2, -0.15) is 0 Å². The van der Waals surface area contributed by atoms with Crippen LogP contribution in [0.1, 0.15) is 44.4 Å². The molecule has 0 aliphatic rings. The summed E-state index contributed by atoms with van der Waals surface area (Å²) in [6.45, 7) is 6.71. The molecule has 5 nitrogen and oxygen atoms in total. The summed E-state index contributed by atoms with van der Waals surface area (Å²) in [5, 5.41) is 3.33. The Kier molecular flexibility index (Phi) is 7.22. The van der Waals surface area contributed by atoms with Crippen molar-refractivity contribution in [3.63, 3.8) is 0 Å². The molecule has 0 aliphatic carbocycles. The second-order valence-corrected chi connectivity index (χ2v) is 5.98. The number of amides is 2. The number of hydrogen-bond acceptors (Lipinski definition) is 4. The van der Waals surface area contributed by atoms with E-state index in [0.717, 1.165) is 24.1 Å². The summed E-state index contributed by atoms with van der Waals surface area (Å²) in [5.74, 6) is -0.128. The fourth-order valence-electron chi connectivity index (χ4n) is 1.79. The zero-order chi connectivity index (χ0) is 15.0. The third kappa shape index (κ3) is 5.69. The Hall–Kier alpha value is -1.43. The van der Waals surface area contributed by atoms with Gasteiger partial charge in [0.2, 0.25) is 11.8 Å². The molecule has 0 saturated carbocycles. The Labute approximate surface area is 124 Å². The van der Waals surface area contributed by atoms with Gasteiger partial charge >= 0.3 is 0 Å². The van der Waals surface area contributed by atoms with E-state index in [1.807, 2.05) is 13.8 Å². The average Bonchev–Trinajstić information content (AvgIpc) is 2.80. The Morgan fingerprint density at radius 3 is 2.65 bits per heavy atom. The van der Waals surface area contributed by atoms with E-state index in [1.165, 1.54) is 11.3 Å². The summed E-state index contributed by atoms with van der Waals surface area (Å²) < 4.78 is 0. The molecule has 0 bridgehead atoms. The number of aromatic nitrogens is 1. The molecule has 6 heteroatoms. The molecule has 1 N–H and O–H groups in total. The highest BCUT2D eigenvalue weighted by molar-refractivity contribution is 7.15. The highest BCUT2D eigenvalue weighted by Crippen LogP contribution is 2.16. The van der Waals surface area contributed by atoms with E-state index >= 15 is 0 Å². The van der Waals surface area contributed by atoms with Crippen LogP contribution in [0.15, 0.2) is 6.20 Å². The van der Waals surface area contributed by atoms with Gasteiger partial charge in [-0.05, 0) is 19.8 Å². The van der Waals surface area contributed by atoms with Crippen molar-refractivity contribution < 1.29 is 9.59 Å². The van der Waals surface area contributed by atoms with Gasteiger partial charge in [0.15, 0.2) is 5.13 Å². The maximum Gasteiger partial charge on any atom is 0.245 e. The largest absolute Gasteiger partial charge is 0.333 e. The van der Waals surface area contributed by atoms with E-state index < -0.39 is 0 Å². The number of hydrogen-bond donors (Lipinski definition) is 1. The van der Waals surface area contributed by atoms with Crippen LogP contribution in [0.25, 0.3) is 0 Å². The van der Waals surface area contributed by atoms with Gasteiger partial charge in [0.25, 0.3) is 0 Å². The molecule has 20 heavy (non-hydrogen) atoms. The van der Waals surface area contributed by atoms with Crippen molar-refractivity contribution in [2.24, 2.45) is 0 Å². The summed E-state index contributed by atoms with van der Waals surface area (Å²) in [7, 11) is 0. The molecule has 0 saturated heterocycles. The first kappa shape index (κ1) is 16.6. The van der Waals surface area contributed by atoms with Crippen molar-refractivity contribution in [1.82, 2.24) is 9.88 Å². The quantitative estimate of drug-likeness (QED) is 0.802. The first-order valence-electron chi connectivity index (χ1n) is 7.06. The SMILES string of the molecule is CCCCC(=O)N(CCC)CC(=O)Nc1ncc(C)s1. The normalized spacial score (nSPS) is 10.3. The summed E-state index contributed by atoms with van der Waals surface area (Å²) in [5.41, 5.74) is 0. The van der Waals surface area contributed by atoms with Crippen molar-refractivity contribution in [2.75, 3.05) is 18.4 Å². The number of aryl methyl sites for hydroxylation is 1. The Morgan fingerprint density at radius 2 is 2.10 bits per heavy atom. The molecule has 112 valence electrons. The molecule has 0 aliphatic heterocycles. The first-order chi connectivity index (χ1) is 9.56. The number of carbonyl (C=O) groups excluding carboxylic acids is 2. The number of anilines is 1. The lowest BCUT2D eigenvalue weighted by atomic mass is 10.2. The lowest BCUT2D eigenvalue weighted by Gasteiger charge is -2.21. The first-order valence-corrected chi connectivity index (χ1v) is 7.88. The molecule has 1 rings (SSSR count). The second kappa shape index (κ2) is 8.68. The van der Waals surface area contributed by atoms with Gasteiger partial charge in [-0.25, -0.2) is 4.98 Å². The molecule has 2 amide bonds. The van der Waals surface area contributed by atoms with Crippen LogP contribution in [-0.4, -0.2) is 34.8 Å². The van der Waals surface area contributed by atoms with Crippen LogP contribution in [0.2, 0.25) is 0 Å². The second-order valence-electron chi connectivity index (χ2n) is 4.74. The molecule has 0 atom stereocenters. The van der Waals surface area contributed by atoms with Crippen molar-refractivity contribution in [1.29, 1.82) is 0 Å². The topological polar surface area (TPSA) is 62.3 Å². The molecular weight excluding hydrogens is 274 g/mol. The number of unbranched alkanes of at least 4 members (excludes halogenated alkanes) is 1. The molecule has 0 aromatic carbocycles. The zero-order valence-corrected chi connectivity index (χ0v) is 13.3. The van der Waals surface area contributed by atoms with E-state index in [0.29, 0.717) is 18.1 Å². The standard InChI is InChI=1S/C14H23N3O2S/c1-4-6-7-13(19)17(8-5-2)10-12(18)16-14-15-9-11(3)20-14/h9H,4-8,10H2,1-3H3,(H,15,16,18). The summed E-state index contributed by atoms with van der Waals surface area (Å²) in [6, 6.07) is 0. The number of thiazole rings is 1. The fraction of sp³-hybridized carbons (Fsp3) is 0.643. The molecule has 1 aromatic rings. The fourth-order valence-corrected chi connectivity index (χ4v) is 2.47. The van der Waals surface area contributed by atoms with E-state index in [9.17, 15) is 9.59 Å². The van der Waals surface area contributed by atoms with Gasteiger partial charge in [0.1, 0.15) is 0 Å². The van der Waals surface area contributed by atoms with Crippen LogP contribution in [0.4, 0.5) is 5.13 Å². The van der Waals surface area contributed by atoms with Crippen molar-refractivity contribution in [3.8, 4) is 0 Å². The number of nitrogens with zero attached hydrogens (tertiary/aromatic N) is 2. The predicted molar refractivity (Wildman–Crippen MR) is 81.9 cm³/mol. The van der Waals surface area contributed by atoms with E-state index in [4.69, 9.17) is 0 Å². The van der Waals surface area contributed by atoms with Crippen LogP contribution < -0.4 is 5.32 Å². The van der Waals surface area contributed by atoms with Crippen LogP contribution in [-0.2, 0) is 9.59 Å². The van der Waals surface area contributed by atoms with Gasteiger partial charge in [-0.15, -0.1) is 11.3 Å². The Balaban J connectivity index is 2.51. The minimum absolute atomic E-state index is 0.0548. The predicted octanol–water partition coefficient (Wildman–Crippen LogP) is 2.82. The molecule has 0 spiro atoms. The van der Waals surface area contributed by atoms with Gasteiger partial charge in [-0.1, -0.05) is 20.3 Å². The number of carbonyl (C=O) groups is 2. The maximum absolute atomic E-state index is 12.0. The number of nitrogens with one attached hydrogen (secondary N) is 1. The van der Waals surface area contributed by atoms with Crippen LogP contribution >= 0.6 is 11.3 Å². The van der Waals surface area contributed by atoms with Crippen molar-refractivity contribution in [3.05, 3.63) is 11.1 Å². The van der Waals surface area contributed by atoms with Crippen LogP contribution in [0.3, 0.4) is 0 Å². The van der Waals surface area contributed by atoms with E-state index in [-0.39, 0.29) is 18.4 Å². The van der Waals surface area contributed by atoms with Gasteiger partial charge in [0.05, 0.1) is 6.54 Å². The van der Waals surface area contributed by atoms with Gasteiger partial charge in [0, 0.05) is 24.0 Å². The van der Waals surface area contributed by atoms with Gasteiger partial charge in [-0.3, -0.25) is 9.59 Å². The Bertz CT molecular complexity index is 445. The minimum atomic E-state index is -0.183. The molecule has 1 heterocycles. The van der Waals surface area contributed by atoms with Crippen molar-refractivity contribution in [2.45, 2.75) is 46.5 Å². The molecule has 0 radical (unpaired) electrons. The lowest BCUT2D eigenvalue weighted by molar-refractivity contribution is -0.134. The molecule has 1 aromatic heterocycles. The molecule has 0 fully saturated rings. The van der Waals surface area contributed by atoms with Crippen LogP contribution in [0, 0.1) is 6.92 Å². The summed E-state index contributed by atoms with van der Waals surface area (Å²) in [6.07, 6.45) is 4.93. The third-order valence-corrected chi connectivity index (χ3v) is 3.62. The summed E-state index contributed by atoms with van der Waals surface area (Å²) >= 11 is 1.43. The minimum Gasteiger partial charge on any atom is -0.333 e. The lowest BCUT2D eigenvalue weighted by Crippen LogP contribution is -2.38. The summed E-state index contributed by atoms with van der Waals surface area (Å²) in [4.78, 5) is 30.7. The smallest absolute Gasteiger partial charge is 0.245 e. The van der Waals surface area contributed by atoms with Crippen molar-refractivity contribution >= 4 is 28.3 Å². The van der Waals surface area contributed by atoms with E-state index in [1.54, 1.807) is 11.1 Å². The van der Waals surface area contributed by atoms with Crippen LogP contribution in [0.5, 0.6) is 0 Å².